The van der Waals surface area contributed by atoms with Crippen LogP contribution < -0.4 is 10.9 Å². The maximum Gasteiger partial charge on any atom is 0.233 e. The van der Waals surface area contributed by atoms with Gasteiger partial charge in [-0.2, -0.15) is 0 Å². The van der Waals surface area contributed by atoms with Crippen LogP contribution in [-0.2, 0) is 5.16 Å². The standard InChI is InChI=1S/C24H24N2SSi.C14H13B/c1-2-28(23-15-9-14-22(27)18-23)24(26-17-16-25-19-26,20-10-5-3-6-11-20)21-12-7-4-8-13-21;1-2-15(13-9-5-3-6-10-13)14-11-7-4-8-12-14/h3-13,15-19,28H,2,14H2,1H3;2-12H,1H2. The second kappa shape index (κ2) is 14.7. The monoisotopic (exact) mass is 592 g/mol. The minimum atomic E-state index is -1.62. The molecule has 1 aromatic heterocycles. The van der Waals surface area contributed by atoms with E-state index in [4.69, 9.17) is 12.2 Å². The molecular formula is C38H37BN2SSi. The molecule has 0 radical (unpaired) electrons. The molecule has 4 aromatic carbocycles. The molecule has 43 heavy (non-hydrogen) atoms. The number of hydrogen-bond acceptors (Lipinski definition) is 2. The van der Waals surface area contributed by atoms with E-state index >= 15 is 0 Å². The second-order valence-electron chi connectivity index (χ2n) is 10.7. The maximum absolute atomic E-state index is 5.58. The summed E-state index contributed by atoms with van der Waals surface area (Å²) in [6.07, 6.45) is 13.6. The lowest BCUT2D eigenvalue weighted by Gasteiger charge is -2.43. The van der Waals surface area contributed by atoms with Crippen molar-refractivity contribution in [2.24, 2.45) is 0 Å². The summed E-state index contributed by atoms with van der Waals surface area (Å²) in [5.74, 6) is 1.99. The van der Waals surface area contributed by atoms with Crippen LogP contribution in [0.25, 0.3) is 0 Å². The summed E-state index contributed by atoms with van der Waals surface area (Å²) >= 11 is 5.58. The van der Waals surface area contributed by atoms with Gasteiger partial charge in [0.1, 0.15) is 8.80 Å². The van der Waals surface area contributed by atoms with Crippen molar-refractivity contribution in [1.82, 2.24) is 9.55 Å². The molecule has 0 amide bonds. The van der Waals surface area contributed by atoms with E-state index in [0.29, 0.717) is 6.71 Å². The fourth-order valence-corrected chi connectivity index (χ4v) is 10.6. The van der Waals surface area contributed by atoms with Crippen molar-refractivity contribution >= 4 is 43.5 Å². The lowest BCUT2D eigenvalue weighted by Crippen LogP contribution is -2.50. The van der Waals surface area contributed by atoms with E-state index in [1.54, 1.807) is 0 Å². The number of benzene rings is 4. The molecule has 1 unspecified atom stereocenters. The summed E-state index contributed by atoms with van der Waals surface area (Å²) in [5, 5.41) is 1.15. The Morgan fingerprint density at radius 1 is 0.837 bits per heavy atom. The predicted molar refractivity (Wildman–Crippen MR) is 191 cm³/mol. The molecular weight excluding hydrogens is 555 g/mol. The number of imidazole rings is 1. The van der Waals surface area contributed by atoms with Crippen LogP contribution in [0.1, 0.15) is 24.5 Å². The van der Waals surface area contributed by atoms with Crippen molar-refractivity contribution in [3.05, 3.63) is 187 Å². The van der Waals surface area contributed by atoms with E-state index in [1.165, 1.54) is 27.2 Å². The third kappa shape index (κ3) is 6.69. The van der Waals surface area contributed by atoms with Gasteiger partial charge in [-0.1, -0.05) is 175 Å². The van der Waals surface area contributed by atoms with E-state index in [1.807, 2.05) is 30.6 Å². The van der Waals surface area contributed by atoms with Gasteiger partial charge in [0.05, 0.1) is 11.5 Å². The maximum atomic E-state index is 5.58. The SMILES string of the molecule is C=CB(c1ccccc1)c1ccccc1.CC[SiH](C1=CC(=S)CC=C1)C(c1ccccc1)(c1ccccc1)n1ccnc1. The van der Waals surface area contributed by atoms with E-state index < -0.39 is 8.80 Å². The van der Waals surface area contributed by atoms with Gasteiger partial charge in [-0.15, -0.1) is 12.6 Å². The Morgan fingerprint density at radius 3 is 1.77 bits per heavy atom. The van der Waals surface area contributed by atoms with E-state index in [0.717, 1.165) is 17.3 Å². The summed E-state index contributed by atoms with van der Waals surface area (Å²) < 4.78 is 2.32. The van der Waals surface area contributed by atoms with Crippen LogP contribution in [0.4, 0.5) is 0 Å². The molecule has 2 nitrogen and oxygen atoms in total. The lowest BCUT2D eigenvalue weighted by molar-refractivity contribution is 0.582. The molecule has 1 aliphatic carbocycles. The first kappa shape index (κ1) is 30.1. The molecule has 0 saturated heterocycles. The van der Waals surface area contributed by atoms with Gasteiger partial charge >= 0.3 is 0 Å². The smallest absolute Gasteiger partial charge is 0.233 e. The first-order valence-electron chi connectivity index (χ1n) is 14.9. The zero-order valence-electron chi connectivity index (χ0n) is 24.7. The lowest BCUT2D eigenvalue weighted by atomic mass is 9.41. The molecule has 0 N–H and O–H groups in total. The zero-order chi connectivity index (χ0) is 29.9. The van der Waals surface area contributed by atoms with Crippen LogP contribution in [-0.4, -0.2) is 29.9 Å². The highest BCUT2D eigenvalue weighted by Gasteiger charge is 2.45. The number of nitrogens with zero attached hydrogens (tertiary/aromatic N) is 2. The normalized spacial score (nSPS) is 13.3. The summed E-state index contributed by atoms with van der Waals surface area (Å²) in [4.78, 5) is 5.47. The summed E-state index contributed by atoms with van der Waals surface area (Å²) in [5.41, 5.74) is 5.20. The van der Waals surface area contributed by atoms with Gasteiger partial charge in [-0.05, 0) is 17.2 Å². The number of allylic oxidation sites excluding steroid dienone is 4. The van der Waals surface area contributed by atoms with Crippen molar-refractivity contribution in [2.45, 2.75) is 24.6 Å². The Kier molecular flexibility index (Phi) is 10.3. The van der Waals surface area contributed by atoms with Gasteiger partial charge in [0, 0.05) is 23.7 Å². The number of rotatable bonds is 9. The largest absolute Gasteiger partial charge is 0.326 e. The van der Waals surface area contributed by atoms with Gasteiger partial charge in [-0.25, -0.2) is 4.98 Å². The van der Waals surface area contributed by atoms with Crippen LogP contribution in [0, 0.1) is 0 Å². The third-order valence-electron chi connectivity index (χ3n) is 8.16. The fourth-order valence-electron chi connectivity index (χ4n) is 6.28. The molecule has 0 aliphatic heterocycles. The Labute approximate surface area is 263 Å². The molecule has 0 spiro atoms. The average Bonchev–Trinajstić information content (AvgIpc) is 3.62. The fraction of sp³-hybridized carbons (Fsp3) is 0.105. The quantitative estimate of drug-likeness (QED) is 0.132. The Bertz CT molecular complexity index is 1570. The molecule has 1 aliphatic rings. The Balaban J connectivity index is 0.000000207. The highest BCUT2D eigenvalue weighted by atomic mass is 32.1. The number of hydrogen-bond donors (Lipinski definition) is 0. The van der Waals surface area contributed by atoms with Crippen LogP contribution in [0.2, 0.25) is 6.04 Å². The molecule has 5 heteroatoms. The van der Waals surface area contributed by atoms with Crippen LogP contribution in [0.15, 0.2) is 176 Å². The van der Waals surface area contributed by atoms with Crippen LogP contribution >= 0.6 is 12.2 Å². The zero-order valence-corrected chi connectivity index (χ0v) is 26.6. The number of thiocarbonyl (C=S) groups is 1. The predicted octanol–water partition coefficient (Wildman–Crippen LogP) is 7.28. The molecule has 0 saturated carbocycles. The van der Waals surface area contributed by atoms with Crippen molar-refractivity contribution in [3.8, 4) is 0 Å². The topological polar surface area (TPSA) is 17.8 Å². The summed E-state index contributed by atoms with van der Waals surface area (Å²) in [7, 11) is -1.62. The molecule has 0 fully saturated rings. The van der Waals surface area contributed by atoms with E-state index in [-0.39, 0.29) is 5.16 Å². The molecule has 212 valence electrons. The van der Waals surface area contributed by atoms with Gasteiger partial charge in [0.2, 0.25) is 6.71 Å². The first-order valence-corrected chi connectivity index (χ1v) is 17.3. The second-order valence-corrected chi connectivity index (χ2v) is 14.6. The summed E-state index contributed by atoms with van der Waals surface area (Å²) in [6, 6.07) is 43.8. The minimum absolute atomic E-state index is 0.267. The van der Waals surface area contributed by atoms with Crippen molar-refractivity contribution < 1.29 is 0 Å². The van der Waals surface area contributed by atoms with Crippen LogP contribution in [0.5, 0.6) is 0 Å². The van der Waals surface area contributed by atoms with Gasteiger partial charge in [0.25, 0.3) is 0 Å². The average molecular weight is 593 g/mol. The third-order valence-corrected chi connectivity index (χ3v) is 12.4. The first-order chi connectivity index (χ1) is 21.2. The van der Waals surface area contributed by atoms with Gasteiger partial charge in [-0.3, -0.25) is 0 Å². The molecule has 1 heterocycles. The Hall–Kier alpha value is -4.32. The Morgan fingerprint density at radius 2 is 1.35 bits per heavy atom. The van der Waals surface area contributed by atoms with Crippen molar-refractivity contribution in [2.75, 3.05) is 0 Å². The van der Waals surface area contributed by atoms with Gasteiger partial charge in [0.15, 0.2) is 0 Å². The number of aromatic nitrogens is 2. The van der Waals surface area contributed by atoms with Crippen molar-refractivity contribution in [1.29, 1.82) is 0 Å². The van der Waals surface area contributed by atoms with Crippen LogP contribution in [0.3, 0.4) is 0 Å². The highest BCUT2D eigenvalue weighted by Crippen LogP contribution is 2.41. The highest BCUT2D eigenvalue weighted by molar-refractivity contribution is 7.80. The molecule has 6 rings (SSSR count). The molecule has 5 aromatic rings. The van der Waals surface area contributed by atoms with E-state index in [2.05, 4.69) is 157 Å². The molecule has 1 atom stereocenters. The van der Waals surface area contributed by atoms with Crippen molar-refractivity contribution in [3.63, 3.8) is 0 Å². The van der Waals surface area contributed by atoms with E-state index in [9.17, 15) is 0 Å². The summed E-state index contributed by atoms with van der Waals surface area (Å²) in [6.45, 7) is 6.53. The van der Waals surface area contributed by atoms with Gasteiger partial charge < -0.3 is 4.57 Å². The molecule has 0 bridgehead atoms. The minimum Gasteiger partial charge on any atom is -0.326 e.